The van der Waals surface area contributed by atoms with Crippen LogP contribution in [0.2, 0.25) is 0 Å². The fourth-order valence-corrected chi connectivity index (χ4v) is 3.86. The van der Waals surface area contributed by atoms with Gasteiger partial charge in [0.2, 0.25) is 5.91 Å². The molecule has 0 unspecified atom stereocenters. The summed E-state index contributed by atoms with van der Waals surface area (Å²) in [6.45, 7) is 1.88. The molecular weight excluding hydrogens is 296 g/mol. The Morgan fingerprint density at radius 1 is 1.60 bits per heavy atom. The van der Waals surface area contributed by atoms with Crippen molar-refractivity contribution in [1.82, 2.24) is 14.5 Å². The molecule has 6 nitrogen and oxygen atoms in total. The molecule has 0 radical (unpaired) electrons. The van der Waals surface area contributed by atoms with Crippen molar-refractivity contribution >= 4 is 34.1 Å². The summed E-state index contributed by atoms with van der Waals surface area (Å²) in [6, 6.07) is 1.28. The lowest BCUT2D eigenvalue weighted by atomic mass is 10.2. The smallest absolute Gasteiger partial charge is 0.254 e. The Morgan fingerprint density at radius 2 is 2.45 bits per heavy atom. The number of hydrogen-bond acceptors (Lipinski definition) is 6. The summed E-state index contributed by atoms with van der Waals surface area (Å²) in [5.74, 6) is 0.560. The van der Waals surface area contributed by atoms with E-state index in [1.807, 2.05) is 12.3 Å². The number of carbonyl (C=O) groups is 1. The van der Waals surface area contributed by atoms with Gasteiger partial charge in [0.1, 0.15) is 0 Å². The monoisotopic (exact) mass is 308 g/mol. The molecule has 0 aliphatic carbocycles. The third kappa shape index (κ3) is 2.61. The molecule has 0 fully saturated rings. The molecular formula is C12H12N4O2S2. The number of nitrogens with one attached hydrogen (secondary N) is 1. The van der Waals surface area contributed by atoms with Crippen LogP contribution in [0.4, 0.5) is 5.13 Å². The van der Waals surface area contributed by atoms with Crippen LogP contribution in [-0.4, -0.2) is 26.2 Å². The van der Waals surface area contributed by atoms with Crippen molar-refractivity contribution in [2.45, 2.75) is 24.5 Å². The van der Waals surface area contributed by atoms with Gasteiger partial charge in [-0.25, -0.2) is 9.97 Å². The van der Waals surface area contributed by atoms with Crippen LogP contribution in [0.3, 0.4) is 0 Å². The summed E-state index contributed by atoms with van der Waals surface area (Å²) < 4.78 is 1.59. The van der Waals surface area contributed by atoms with Gasteiger partial charge in [0.15, 0.2) is 10.3 Å². The van der Waals surface area contributed by atoms with Crippen LogP contribution in [0.15, 0.2) is 27.6 Å². The van der Waals surface area contributed by atoms with Gasteiger partial charge in [-0.2, -0.15) is 0 Å². The second-order valence-electron chi connectivity index (χ2n) is 4.45. The fourth-order valence-electron chi connectivity index (χ4n) is 2.04. The van der Waals surface area contributed by atoms with E-state index in [-0.39, 0.29) is 23.9 Å². The number of anilines is 1. The first-order chi connectivity index (χ1) is 9.63. The quantitative estimate of drug-likeness (QED) is 0.873. The highest BCUT2D eigenvalue weighted by Crippen LogP contribution is 2.31. The third-order valence-corrected chi connectivity index (χ3v) is 4.89. The standard InChI is InChI=1S/C12H12N4O2S2/c1-7-5-19-11(14-7)15-9(17)4-8-6-20-12-13-3-2-10(18)16(8)12/h2-3,5,8H,4,6H2,1H3,(H,14,15,17)/t8-/m1/s1. The minimum absolute atomic E-state index is 0.108. The van der Waals surface area contributed by atoms with E-state index in [0.717, 1.165) is 5.69 Å². The molecule has 8 heteroatoms. The number of hydrogen-bond donors (Lipinski definition) is 1. The van der Waals surface area contributed by atoms with Crippen molar-refractivity contribution in [1.29, 1.82) is 0 Å². The molecule has 1 aliphatic rings. The molecule has 0 bridgehead atoms. The second kappa shape index (κ2) is 5.37. The lowest BCUT2D eigenvalue weighted by molar-refractivity contribution is -0.116. The molecule has 1 atom stereocenters. The van der Waals surface area contributed by atoms with E-state index in [9.17, 15) is 9.59 Å². The average Bonchev–Trinajstić information content (AvgIpc) is 2.97. The SMILES string of the molecule is Cc1csc(NC(=O)C[C@@H]2CSc3nccc(=O)n32)n1. The Morgan fingerprint density at radius 3 is 3.20 bits per heavy atom. The highest BCUT2D eigenvalue weighted by molar-refractivity contribution is 7.99. The molecule has 20 heavy (non-hydrogen) atoms. The van der Waals surface area contributed by atoms with Crippen LogP contribution in [0.5, 0.6) is 0 Å². The highest BCUT2D eigenvalue weighted by Gasteiger charge is 2.26. The zero-order chi connectivity index (χ0) is 14.1. The van der Waals surface area contributed by atoms with Crippen LogP contribution in [-0.2, 0) is 4.79 Å². The Labute approximate surface area is 123 Å². The molecule has 0 aromatic carbocycles. The average molecular weight is 308 g/mol. The molecule has 104 valence electrons. The van der Waals surface area contributed by atoms with Crippen LogP contribution in [0, 0.1) is 6.92 Å². The summed E-state index contributed by atoms with van der Waals surface area (Å²) in [4.78, 5) is 32.2. The number of amides is 1. The van der Waals surface area contributed by atoms with Gasteiger partial charge in [0, 0.05) is 29.8 Å². The van der Waals surface area contributed by atoms with E-state index in [1.54, 1.807) is 4.57 Å². The summed E-state index contributed by atoms with van der Waals surface area (Å²) in [5.41, 5.74) is 0.774. The predicted molar refractivity (Wildman–Crippen MR) is 78.4 cm³/mol. The zero-order valence-corrected chi connectivity index (χ0v) is 12.3. The minimum Gasteiger partial charge on any atom is -0.302 e. The number of aryl methyl sites for hydroxylation is 1. The molecule has 1 aliphatic heterocycles. The van der Waals surface area contributed by atoms with Crippen LogP contribution >= 0.6 is 23.1 Å². The molecule has 0 spiro atoms. The third-order valence-electron chi connectivity index (χ3n) is 2.90. The summed E-state index contributed by atoms with van der Waals surface area (Å²) >= 11 is 2.90. The Balaban J connectivity index is 1.71. The zero-order valence-electron chi connectivity index (χ0n) is 10.7. The Kier molecular flexibility index (Phi) is 3.58. The summed E-state index contributed by atoms with van der Waals surface area (Å²) in [7, 11) is 0. The van der Waals surface area contributed by atoms with Crippen molar-refractivity contribution in [2.24, 2.45) is 0 Å². The van der Waals surface area contributed by atoms with Crippen molar-refractivity contribution in [3.05, 3.63) is 33.7 Å². The number of rotatable bonds is 3. The van der Waals surface area contributed by atoms with E-state index in [1.165, 1.54) is 35.4 Å². The van der Waals surface area contributed by atoms with Gasteiger partial charge in [-0.3, -0.25) is 14.2 Å². The maximum Gasteiger partial charge on any atom is 0.254 e. The second-order valence-corrected chi connectivity index (χ2v) is 6.29. The van der Waals surface area contributed by atoms with Gasteiger partial charge >= 0.3 is 0 Å². The molecule has 0 saturated carbocycles. The molecule has 3 rings (SSSR count). The fraction of sp³-hybridized carbons (Fsp3) is 0.333. The number of aromatic nitrogens is 3. The molecule has 1 amide bonds. The number of thioether (sulfide) groups is 1. The van der Waals surface area contributed by atoms with Crippen LogP contribution in [0.1, 0.15) is 18.2 Å². The van der Waals surface area contributed by atoms with E-state index >= 15 is 0 Å². The minimum atomic E-state index is -0.141. The van der Waals surface area contributed by atoms with E-state index in [2.05, 4.69) is 15.3 Å². The maximum absolute atomic E-state index is 12.0. The first-order valence-electron chi connectivity index (χ1n) is 6.06. The first kappa shape index (κ1) is 13.3. The number of fused-ring (bicyclic) bond motifs is 1. The van der Waals surface area contributed by atoms with Gasteiger partial charge < -0.3 is 5.32 Å². The summed E-state index contributed by atoms with van der Waals surface area (Å²) in [6.07, 6.45) is 1.76. The number of thiazole rings is 1. The van der Waals surface area contributed by atoms with Gasteiger partial charge in [-0.05, 0) is 6.92 Å². The molecule has 2 aromatic heterocycles. The van der Waals surface area contributed by atoms with Crippen LogP contribution in [0.25, 0.3) is 0 Å². The van der Waals surface area contributed by atoms with E-state index in [0.29, 0.717) is 16.0 Å². The molecule has 2 aromatic rings. The largest absolute Gasteiger partial charge is 0.302 e. The van der Waals surface area contributed by atoms with Gasteiger partial charge in [-0.1, -0.05) is 11.8 Å². The van der Waals surface area contributed by atoms with Crippen LogP contribution < -0.4 is 10.9 Å². The van der Waals surface area contributed by atoms with Crippen molar-refractivity contribution < 1.29 is 4.79 Å². The molecule has 0 saturated heterocycles. The molecule has 3 heterocycles. The lowest BCUT2D eigenvalue weighted by Crippen LogP contribution is -2.26. The van der Waals surface area contributed by atoms with Gasteiger partial charge in [0.25, 0.3) is 5.56 Å². The number of nitrogens with zero attached hydrogens (tertiary/aromatic N) is 3. The predicted octanol–water partition coefficient (Wildman–Crippen LogP) is 1.68. The topological polar surface area (TPSA) is 76.9 Å². The Bertz CT molecular complexity index is 709. The Hall–Kier alpha value is -1.67. The van der Waals surface area contributed by atoms with Gasteiger partial charge in [0.05, 0.1) is 11.7 Å². The van der Waals surface area contributed by atoms with Crippen molar-refractivity contribution in [3.8, 4) is 0 Å². The highest BCUT2D eigenvalue weighted by atomic mass is 32.2. The van der Waals surface area contributed by atoms with E-state index < -0.39 is 0 Å². The molecule has 1 N–H and O–H groups in total. The normalized spacial score (nSPS) is 16.9. The summed E-state index contributed by atoms with van der Waals surface area (Å²) in [5, 5.41) is 5.92. The number of carbonyl (C=O) groups excluding carboxylic acids is 1. The van der Waals surface area contributed by atoms with Crippen molar-refractivity contribution in [3.63, 3.8) is 0 Å². The first-order valence-corrected chi connectivity index (χ1v) is 7.92. The maximum atomic E-state index is 12.0. The van der Waals surface area contributed by atoms with E-state index in [4.69, 9.17) is 0 Å². The lowest BCUT2D eigenvalue weighted by Gasteiger charge is -2.11. The van der Waals surface area contributed by atoms with Gasteiger partial charge in [-0.15, -0.1) is 11.3 Å². The van der Waals surface area contributed by atoms with Crippen molar-refractivity contribution in [2.75, 3.05) is 11.1 Å².